The second-order valence-corrected chi connectivity index (χ2v) is 5.59. The Bertz CT molecular complexity index is 222. The van der Waals surface area contributed by atoms with Crippen LogP contribution in [-0.2, 0) is 4.79 Å². The summed E-state index contributed by atoms with van der Waals surface area (Å²) in [5.74, 6) is 1.74. The molecule has 1 aliphatic rings. The summed E-state index contributed by atoms with van der Waals surface area (Å²) in [5, 5.41) is 3.08. The highest BCUT2D eigenvalue weighted by molar-refractivity contribution is 5.78. The van der Waals surface area contributed by atoms with Gasteiger partial charge in [-0.15, -0.1) is 0 Å². The van der Waals surface area contributed by atoms with Crippen molar-refractivity contribution in [2.75, 3.05) is 13.1 Å². The number of carbonyl (C=O) groups is 1. The average molecular weight is 240 g/mol. The molecule has 3 N–H and O–H groups in total. The molecule has 0 aromatic heterocycles. The van der Waals surface area contributed by atoms with Crippen LogP contribution < -0.4 is 11.1 Å². The zero-order valence-corrected chi connectivity index (χ0v) is 11.4. The molecule has 1 atom stereocenters. The molecule has 0 spiro atoms. The summed E-state index contributed by atoms with van der Waals surface area (Å²) >= 11 is 0. The first-order chi connectivity index (χ1) is 8.17. The molecule has 3 heteroatoms. The van der Waals surface area contributed by atoms with E-state index in [4.69, 9.17) is 5.73 Å². The summed E-state index contributed by atoms with van der Waals surface area (Å²) in [6.07, 6.45) is 7.09. The van der Waals surface area contributed by atoms with Gasteiger partial charge in [0.05, 0.1) is 5.92 Å². The number of nitrogens with one attached hydrogen (secondary N) is 1. The molecule has 100 valence electrons. The lowest BCUT2D eigenvalue weighted by atomic mass is 9.83. The molecule has 17 heavy (non-hydrogen) atoms. The quantitative estimate of drug-likeness (QED) is 0.748. The molecule has 1 amide bonds. The van der Waals surface area contributed by atoms with Crippen LogP contribution >= 0.6 is 0 Å². The SMILES string of the molecule is CCCC(CN)C(=O)NCC1CCC(C)CC1. The van der Waals surface area contributed by atoms with Crippen molar-refractivity contribution in [2.24, 2.45) is 23.5 Å². The van der Waals surface area contributed by atoms with Crippen molar-refractivity contribution < 1.29 is 4.79 Å². The van der Waals surface area contributed by atoms with Gasteiger partial charge in [0.2, 0.25) is 5.91 Å². The Morgan fingerprint density at radius 3 is 2.53 bits per heavy atom. The molecule has 1 saturated carbocycles. The molecule has 1 fully saturated rings. The van der Waals surface area contributed by atoms with Gasteiger partial charge in [-0.1, -0.05) is 33.1 Å². The average Bonchev–Trinajstić information content (AvgIpc) is 2.35. The Hall–Kier alpha value is -0.570. The standard InChI is InChI=1S/C14H28N2O/c1-3-4-13(9-15)14(17)16-10-12-7-5-11(2)6-8-12/h11-13H,3-10,15H2,1-2H3,(H,16,17). The highest BCUT2D eigenvalue weighted by Crippen LogP contribution is 2.27. The maximum atomic E-state index is 11.9. The number of carbonyl (C=O) groups excluding carboxylic acids is 1. The van der Waals surface area contributed by atoms with Crippen LogP contribution in [0.25, 0.3) is 0 Å². The number of rotatable bonds is 6. The molecule has 0 heterocycles. The van der Waals surface area contributed by atoms with E-state index in [0.29, 0.717) is 12.5 Å². The van der Waals surface area contributed by atoms with Gasteiger partial charge < -0.3 is 11.1 Å². The third-order valence-corrected chi connectivity index (χ3v) is 3.99. The largest absolute Gasteiger partial charge is 0.356 e. The van der Waals surface area contributed by atoms with E-state index in [-0.39, 0.29) is 11.8 Å². The first-order valence-electron chi connectivity index (χ1n) is 7.15. The van der Waals surface area contributed by atoms with Gasteiger partial charge in [0.15, 0.2) is 0 Å². The van der Waals surface area contributed by atoms with E-state index in [1.807, 2.05) is 0 Å². The van der Waals surface area contributed by atoms with Crippen LogP contribution in [0.1, 0.15) is 52.4 Å². The summed E-state index contributed by atoms with van der Waals surface area (Å²) < 4.78 is 0. The fraction of sp³-hybridized carbons (Fsp3) is 0.929. The van der Waals surface area contributed by atoms with E-state index in [9.17, 15) is 4.79 Å². The van der Waals surface area contributed by atoms with E-state index in [0.717, 1.165) is 25.3 Å². The van der Waals surface area contributed by atoms with Crippen molar-refractivity contribution >= 4 is 5.91 Å². The minimum absolute atomic E-state index is 0.0162. The van der Waals surface area contributed by atoms with Crippen LogP contribution in [0.15, 0.2) is 0 Å². The zero-order chi connectivity index (χ0) is 12.7. The predicted octanol–water partition coefficient (Wildman–Crippen LogP) is 2.30. The van der Waals surface area contributed by atoms with Gasteiger partial charge in [-0.2, -0.15) is 0 Å². The Morgan fingerprint density at radius 1 is 1.35 bits per heavy atom. The Morgan fingerprint density at radius 2 is 2.00 bits per heavy atom. The van der Waals surface area contributed by atoms with Crippen LogP contribution in [0.4, 0.5) is 0 Å². The lowest BCUT2D eigenvalue weighted by Gasteiger charge is -2.26. The summed E-state index contributed by atoms with van der Waals surface area (Å²) in [7, 11) is 0. The van der Waals surface area contributed by atoms with E-state index < -0.39 is 0 Å². The lowest BCUT2D eigenvalue weighted by molar-refractivity contribution is -0.125. The van der Waals surface area contributed by atoms with Crippen LogP contribution in [-0.4, -0.2) is 19.0 Å². The Balaban J connectivity index is 2.22. The van der Waals surface area contributed by atoms with Crippen LogP contribution in [0.3, 0.4) is 0 Å². The van der Waals surface area contributed by atoms with Gasteiger partial charge in [0, 0.05) is 13.1 Å². The van der Waals surface area contributed by atoms with Gasteiger partial charge in [0.1, 0.15) is 0 Å². The van der Waals surface area contributed by atoms with Gasteiger partial charge in [-0.25, -0.2) is 0 Å². The molecule has 1 aliphatic carbocycles. The van der Waals surface area contributed by atoms with Crippen molar-refractivity contribution in [2.45, 2.75) is 52.4 Å². The van der Waals surface area contributed by atoms with Crippen molar-refractivity contribution in [1.29, 1.82) is 0 Å². The summed E-state index contributed by atoms with van der Waals surface area (Å²) in [6, 6.07) is 0. The first kappa shape index (κ1) is 14.5. The highest BCUT2D eigenvalue weighted by Gasteiger charge is 2.20. The fourth-order valence-electron chi connectivity index (χ4n) is 2.63. The first-order valence-corrected chi connectivity index (χ1v) is 7.15. The molecule has 3 nitrogen and oxygen atoms in total. The third kappa shape index (κ3) is 5.07. The Kier molecular flexibility index (Phi) is 6.56. The molecular weight excluding hydrogens is 212 g/mol. The second-order valence-electron chi connectivity index (χ2n) is 5.59. The van der Waals surface area contributed by atoms with Crippen LogP contribution in [0.5, 0.6) is 0 Å². The number of hydrogen-bond acceptors (Lipinski definition) is 2. The normalized spacial score (nSPS) is 26.5. The molecule has 1 rings (SSSR count). The molecule has 1 unspecified atom stereocenters. The zero-order valence-electron chi connectivity index (χ0n) is 11.4. The van der Waals surface area contributed by atoms with Gasteiger partial charge in [0.25, 0.3) is 0 Å². The van der Waals surface area contributed by atoms with Crippen molar-refractivity contribution in [3.63, 3.8) is 0 Å². The van der Waals surface area contributed by atoms with E-state index >= 15 is 0 Å². The minimum Gasteiger partial charge on any atom is -0.356 e. The number of nitrogens with two attached hydrogens (primary N) is 1. The molecule has 0 saturated heterocycles. The maximum Gasteiger partial charge on any atom is 0.224 e. The van der Waals surface area contributed by atoms with Crippen molar-refractivity contribution in [1.82, 2.24) is 5.32 Å². The van der Waals surface area contributed by atoms with Crippen molar-refractivity contribution in [3.05, 3.63) is 0 Å². The molecule has 0 aromatic carbocycles. The fourth-order valence-corrected chi connectivity index (χ4v) is 2.63. The van der Waals surface area contributed by atoms with Gasteiger partial charge in [-0.05, 0) is 31.1 Å². The van der Waals surface area contributed by atoms with Crippen LogP contribution in [0.2, 0.25) is 0 Å². The van der Waals surface area contributed by atoms with Crippen LogP contribution in [0, 0.1) is 17.8 Å². The van der Waals surface area contributed by atoms with Gasteiger partial charge >= 0.3 is 0 Å². The third-order valence-electron chi connectivity index (χ3n) is 3.99. The molecule has 0 bridgehead atoms. The van der Waals surface area contributed by atoms with E-state index in [1.165, 1.54) is 25.7 Å². The summed E-state index contributed by atoms with van der Waals surface area (Å²) in [6.45, 7) is 5.74. The summed E-state index contributed by atoms with van der Waals surface area (Å²) in [5.41, 5.74) is 5.63. The number of amides is 1. The smallest absolute Gasteiger partial charge is 0.224 e. The topological polar surface area (TPSA) is 55.1 Å². The van der Waals surface area contributed by atoms with E-state index in [2.05, 4.69) is 19.2 Å². The highest BCUT2D eigenvalue weighted by atomic mass is 16.1. The Labute approximate surface area is 106 Å². The minimum atomic E-state index is 0.0162. The predicted molar refractivity (Wildman–Crippen MR) is 71.6 cm³/mol. The monoisotopic (exact) mass is 240 g/mol. The second kappa shape index (κ2) is 7.70. The lowest BCUT2D eigenvalue weighted by Crippen LogP contribution is -2.38. The van der Waals surface area contributed by atoms with Crippen molar-refractivity contribution in [3.8, 4) is 0 Å². The summed E-state index contributed by atoms with van der Waals surface area (Å²) in [4.78, 5) is 11.9. The number of hydrogen-bond donors (Lipinski definition) is 2. The van der Waals surface area contributed by atoms with Gasteiger partial charge in [-0.3, -0.25) is 4.79 Å². The molecule has 0 aromatic rings. The van der Waals surface area contributed by atoms with E-state index in [1.54, 1.807) is 0 Å². The molecular formula is C14H28N2O. The molecule has 0 radical (unpaired) electrons. The molecule has 0 aliphatic heterocycles. The maximum absolute atomic E-state index is 11.9.